The second-order valence-electron chi connectivity index (χ2n) is 3.52. The maximum Gasteiger partial charge on any atom is 0.217 e. The normalized spacial score (nSPS) is 13.0. The Kier molecular flexibility index (Phi) is 3.89. The first-order valence-electron chi connectivity index (χ1n) is 4.51. The molecule has 0 radical (unpaired) electrons. The van der Waals surface area contributed by atoms with Gasteiger partial charge in [0.25, 0.3) is 0 Å². The van der Waals surface area contributed by atoms with Crippen molar-refractivity contribution < 1.29 is 4.74 Å². The molecule has 2 N–H and O–H groups in total. The molecule has 0 amide bonds. The molecule has 1 heterocycles. The summed E-state index contributed by atoms with van der Waals surface area (Å²) in [6.07, 6.45) is 1.70. The molecule has 0 aromatic carbocycles. The topological polar surface area (TPSA) is 48.1 Å². The number of methoxy groups -OCH3 is 1. The molecule has 78 valence electrons. The molecular weight excluding hydrogens is 244 g/mol. The van der Waals surface area contributed by atoms with Gasteiger partial charge < -0.3 is 10.5 Å². The van der Waals surface area contributed by atoms with Crippen molar-refractivity contribution in [3.63, 3.8) is 0 Å². The molecule has 0 fully saturated rings. The van der Waals surface area contributed by atoms with E-state index in [4.69, 9.17) is 10.5 Å². The molecule has 0 unspecified atom stereocenters. The highest BCUT2D eigenvalue weighted by molar-refractivity contribution is 9.10. The number of pyridine rings is 1. The first-order valence-corrected chi connectivity index (χ1v) is 5.30. The quantitative estimate of drug-likeness (QED) is 0.907. The zero-order chi connectivity index (χ0) is 10.7. The number of hydrogen-bond donors (Lipinski definition) is 1. The Hall–Kier alpha value is -0.610. The molecule has 1 atom stereocenters. The van der Waals surface area contributed by atoms with E-state index in [0.717, 1.165) is 10.0 Å². The van der Waals surface area contributed by atoms with Crippen molar-refractivity contribution in [1.82, 2.24) is 4.98 Å². The minimum Gasteiger partial charge on any atom is -0.481 e. The van der Waals surface area contributed by atoms with Crippen LogP contribution in [0.2, 0.25) is 0 Å². The van der Waals surface area contributed by atoms with E-state index < -0.39 is 0 Å². The van der Waals surface area contributed by atoms with Crippen molar-refractivity contribution in [3.8, 4) is 5.88 Å². The van der Waals surface area contributed by atoms with Crippen LogP contribution in [0.1, 0.15) is 25.5 Å². The van der Waals surface area contributed by atoms with E-state index in [9.17, 15) is 0 Å². The van der Waals surface area contributed by atoms with Gasteiger partial charge in [0.15, 0.2) is 0 Å². The molecular formula is C10H15BrN2O. The molecule has 1 aromatic rings. The summed E-state index contributed by atoms with van der Waals surface area (Å²) in [6, 6.07) is 1.91. The Morgan fingerprint density at radius 1 is 1.50 bits per heavy atom. The minimum absolute atomic E-state index is 0.0463. The summed E-state index contributed by atoms with van der Waals surface area (Å²) in [7, 11) is 1.60. The van der Waals surface area contributed by atoms with Crippen LogP contribution in [-0.2, 0) is 0 Å². The lowest BCUT2D eigenvalue weighted by Crippen LogP contribution is -2.18. The van der Waals surface area contributed by atoms with E-state index in [-0.39, 0.29) is 6.04 Å². The van der Waals surface area contributed by atoms with Gasteiger partial charge in [0.2, 0.25) is 5.88 Å². The molecule has 3 nitrogen and oxygen atoms in total. The zero-order valence-corrected chi connectivity index (χ0v) is 10.2. The lowest BCUT2D eigenvalue weighted by atomic mass is 9.98. The second-order valence-corrected chi connectivity index (χ2v) is 4.44. The third kappa shape index (κ3) is 2.45. The Bertz CT molecular complexity index is 315. The molecule has 0 saturated heterocycles. The summed E-state index contributed by atoms with van der Waals surface area (Å²) < 4.78 is 6.08. The molecule has 0 spiro atoms. The third-order valence-corrected chi connectivity index (χ3v) is 2.55. The molecule has 0 aliphatic rings. The van der Waals surface area contributed by atoms with Crippen LogP contribution in [-0.4, -0.2) is 12.1 Å². The van der Waals surface area contributed by atoms with E-state index in [1.54, 1.807) is 13.3 Å². The van der Waals surface area contributed by atoms with E-state index >= 15 is 0 Å². The van der Waals surface area contributed by atoms with Crippen molar-refractivity contribution in [2.75, 3.05) is 7.11 Å². The summed E-state index contributed by atoms with van der Waals surface area (Å²) in [5.74, 6) is 0.967. The Labute approximate surface area is 92.8 Å². The van der Waals surface area contributed by atoms with Crippen molar-refractivity contribution >= 4 is 15.9 Å². The minimum atomic E-state index is -0.0463. The van der Waals surface area contributed by atoms with Crippen molar-refractivity contribution in [2.24, 2.45) is 11.7 Å². The Morgan fingerprint density at radius 3 is 2.64 bits per heavy atom. The highest BCUT2D eigenvalue weighted by atomic mass is 79.9. The fraction of sp³-hybridized carbons (Fsp3) is 0.500. The predicted molar refractivity (Wildman–Crippen MR) is 60.3 cm³/mol. The molecule has 0 saturated carbocycles. The highest BCUT2D eigenvalue weighted by Crippen LogP contribution is 2.28. The van der Waals surface area contributed by atoms with Gasteiger partial charge in [-0.3, -0.25) is 0 Å². The van der Waals surface area contributed by atoms with Gasteiger partial charge in [-0.05, 0) is 27.9 Å². The van der Waals surface area contributed by atoms with Gasteiger partial charge in [-0.1, -0.05) is 13.8 Å². The number of nitrogens with zero attached hydrogens (tertiary/aromatic N) is 1. The molecule has 0 bridgehead atoms. The van der Waals surface area contributed by atoms with Crippen LogP contribution in [0.15, 0.2) is 16.7 Å². The van der Waals surface area contributed by atoms with Gasteiger partial charge >= 0.3 is 0 Å². The third-order valence-electron chi connectivity index (χ3n) is 2.12. The molecule has 0 aliphatic carbocycles. The van der Waals surface area contributed by atoms with E-state index in [2.05, 4.69) is 34.8 Å². The van der Waals surface area contributed by atoms with Crippen LogP contribution < -0.4 is 10.5 Å². The van der Waals surface area contributed by atoms with Crippen molar-refractivity contribution in [2.45, 2.75) is 19.9 Å². The monoisotopic (exact) mass is 258 g/mol. The number of rotatable bonds is 3. The summed E-state index contributed by atoms with van der Waals surface area (Å²) in [4.78, 5) is 4.15. The fourth-order valence-corrected chi connectivity index (χ4v) is 1.56. The fourth-order valence-electron chi connectivity index (χ4n) is 1.21. The first-order chi connectivity index (χ1) is 6.56. The molecule has 1 rings (SSSR count). The highest BCUT2D eigenvalue weighted by Gasteiger charge is 2.16. The number of nitrogens with two attached hydrogens (primary N) is 1. The van der Waals surface area contributed by atoms with Crippen LogP contribution in [0.25, 0.3) is 0 Å². The smallest absolute Gasteiger partial charge is 0.217 e. The second kappa shape index (κ2) is 4.75. The number of hydrogen-bond acceptors (Lipinski definition) is 3. The molecule has 14 heavy (non-hydrogen) atoms. The predicted octanol–water partition coefficient (Wildman–Crippen LogP) is 2.51. The molecule has 1 aromatic heterocycles. The van der Waals surface area contributed by atoms with Gasteiger partial charge in [-0.15, -0.1) is 0 Å². The number of aromatic nitrogens is 1. The largest absolute Gasteiger partial charge is 0.481 e. The van der Waals surface area contributed by atoms with Gasteiger partial charge in [0.1, 0.15) is 0 Å². The zero-order valence-electron chi connectivity index (χ0n) is 8.62. The molecule has 4 heteroatoms. The van der Waals surface area contributed by atoms with Gasteiger partial charge in [0, 0.05) is 22.3 Å². The summed E-state index contributed by atoms with van der Waals surface area (Å²) in [6.45, 7) is 4.15. The average Bonchev–Trinajstić information content (AvgIpc) is 2.16. The van der Waals surface area contributed by atoms with Crippen LogP contribution >= 0.6 is 15.9 Å². The standard InChI is InChI=1S/C10H15BrN2O/c1-6(2)9(12)8-4-7(11)5-13-10(8)14-3/h4-6,9H,12H2,1-3H3/t9-/m0/s1. The Balaban J connectivity index is 3.10. The molecule has 0 aliphatic heterocycles. The van der Waals surface area contributed by atoms with E-state index in [0.29, 0.717) is 11.8 Å². The van der Waals surface area contributed by atoms with Crippen LogP contribution in [0.4, 0.5) is 0 Å². The number of halogens is 1. The van der Waals surface area contributed by atoms with Crippen LogP contribution in [0.5, 0.6) is 5.88 Å². The van der Waals surface area contributed by atoms with Crippen LogP contribution in [0.3, 0.4) is 0 Å². The average molecular weight is 259 g/mol. The van der Waals surface area contributed by atoms with Crippen molar-refractivity contribution in [1.29, 1.82) is 0 Å². The van der Waals surface area contributed by atoms with Gasteiger partial charge in [0.05, 0.1) is 7.11 Å². The van der Waals surface area contributed by atoms with E-state index in [1.165, 1.54) is 0 Å². The summed E-state index contributed by atoms with van der Waals surface area (Å²) >= 11 is 3.37. The van der Waals surface area contributed by atoms with E-state index in [1.807, 2.05) is 6.07 Å². The lowest BCUT2D eigenvalue weighted by molar-refractivity contribution is 0.380. The maximum atomic E-state index is 6.04. The van der Waals surface area contributed by atoms with Crippen LogP contribution in [0, 0.1) is 5.92 Å². The summed E-state index contributed by atoms with van der Waals surface area (Å²) in [5.41, 5.74) is 6.98. The lowest BCUT2D eigenvalue weighted by Gasteiger charge is -2.18. The van der Waals surface area contributed by atoms with Gasteiger partial charge in [-0.25, -0.2) is 4.98 Å². The van der Waals surface area contributed by atoms with Gasteiger partial charge in [-0.2, -0.15) is 0 Å². The maximum absolute atomic E-state index is 6.04. The van der Waals surface area contributed by atoms with Crippen molar-refractivity contribution in [3.05, 3.63) is 22.3 Å². The number of ether oxygens (including phenoxy) is 1. The SMILES string of the molecule is COc1ncc(Br)cc1[C@@H](N)C(C)C. The Morgan fingerprint density at radius 2 is 2.14 bits per heavy atom. The summed E-state index contributed by atoms with van der Waals surface area (Å²) in [5, 5.41) is 0. The first kappa shape index (κ1) is 11.5.